The monoisotopic (exact) mass is 345 g/mol. The number of para-hydroxylation sites is 1. The van der Waals surface area contributed by atoms with Crippen molar-refractivity contribution in [3.05, 3.63) is 89.9 Å². The number of nitrogens with one attached hydrogen (secondary N) is 3. The summed E-state index contributed by atoms with van der Waals surface area (Å²) in [6, 6.07) is 20.8. The molecule has 3 aromatic rings. The molecule has 3 N–H and O–H groups in total. The fourth-order valence-electron chi connectivity index (χ4n) is 2.04. The smallest absolute Gasteiger partial charge is 0.337 e. The van der Waals surface area contributed by atoms with Crippen LogP contribution in [0.2, 0.25) is 0 Å². The van der Waals surface area contributed by atoms with E-state index in [1.807, 2.05) is 36.4 Å². The van der Waals surface area contributed by atoms with Crippen molar-refractivity contribution in [1.29, 1.82) is 0 Å². The zero-order chi connectivity index (χ0) is 18.2. The van der Waals surface area contributed by atoms with Crippen LogP contribution in [0.15, 0.2) is 77.2 Å². The van der Waals surface area contributed by atoms with Crippen molar-refractivity contribution in [2.75, 3.05) is 5.32 Å². The van der Waals surface area contributed by atoms with Crippen molar-refractivity contribution in [3.8, 4) is 11.8 Å². The summed E-state index contributed by atoms with van der Waals surface area (Å²) < 4.78 is 5.36. The molecule has 3 rings (SSSR count). The Kier molecular flexibility index (Phi) is 5.33. The van der Waals surface area contributed by atoms with Crippen molar-refractivity contribution in [2.24, 2.45) is 0 Å². The molecule has 1 heterocycles. The lowest BCUT2D eigenvalue weighted by molar-refractivity contribution is 0.0909. The number of benzene rings is 2. The first-order chi connectivity index (χ1) is 12.7. The highest BCUT2D eigenvalue weighted by atomic mass is 16.4. The van der Waals surface area contributed by atoms with Crippen LogP contribution in [0.5, 0.6) is 0 Å². The zero-order valence-corrected chi connectivity index (χ0v) is 13.7. The van der Waals surface area contributed by atoms with Gasteiger partial charge < -0.3 is 9.73 Å². The molecule has 0 aliphatic rings. The summed E-state index contributed by atoms with van der Waals surface area (Å²) in [4.78, 5) is 23.7. The first kappa shape index (κ1) is 16.9. The molecule has 26 heavy (non-hydrogen) atoms. The van der Waals surface area contributed by atoms with Gasteiger partial charge in [0.1, 0.15) is 0 Å². The van der Waals surface area contributed by atoms with E-state index < -0.39 is 11.9 Å². The van der Waals surface area contributed by atoms with Gasteiger partial charge in [0, 0.05) is 11.3 Å². The SMILES string of the molecule is O=C(NNC(=O)c1ccc(C#Cc2ccccc2)o1)Nc1ccccc1. The molecule has 6 nitrogen and oxygen atoms in total. The third-order valence-corrected chi connectivity index (χ3v) is 3.25. The number of hydrogen-bond acceptors (Lipinski definition) is 3. The van der Waals surface area contributed by atoms with Gasteiger partial charge in [0.15, 0.2) is 11.5 Å². The summed E-state index contributed by atoms with van der Waals surface area (Å²) in [5, 5.41) is 2.57. The summed E-state index contributed by atoms with van der Waals surface area (Å²) in [5.41, 5.74) is 5.96. The molecule has 0 fully saturated rings. The summed E-state index contributed by atoms with van der Waals surface area (Å²) >= 11 is 0. The second kappa shape index (κ2) is 8.22. The van der Waals surface area contributed by atoms with E-state index in [1.54, 1.807) is 30.3 Å². The van der Waals surface area contributed by atoms with E-state index in [0.29, 0.717) is 11.4 Å². The van der Waals surface area contributed by atoms with Gasteiger partial charge in [0.2, 0.25) is 0 Å². The van der Waals surface area contributed by atoms with E-state index in [1.165, 1.54) is 6.07 Å². The van der Waals surface area contributed by atoms with Crippen LogP contribution in [-0.4, -0.2) is 11.9 Å². The Balaban J connectivity index is 1.53. The van der Waals surface area contributed by atoms with Gasteiger partial charge in [-0.05, 0) is 42.3 Å². The highest BCUT2D eigenvalue weighted by molar-refractivity contribution is 5.95. The molecule has 0 saturated heterocycles. The fraction of sp³-hybridized carbons (Fsp3) is 0. The standard InChI is InChI=1S/C20H15N3O3/c24-19(22-23-20(25)21-16-9-5-2-6-10-16)18-14-13-17(26-18)12-11-15-7-3-1-4-8-15/h1-10,13-14H,(H,22,24)(H2,21,23,25). The number of urea groups is 1. The second-order valence-corrected chi connectivity index (χ2v) is 5.18. The molecule has 0 bridgehead atoms. The molecule has 6 heteroatoms. The van der Waals surface area contributed by atoms with Crippen LogP contribution in [-0.2, 0) is 0 Å². The van der Waals surface area contributed by atoms with Gasteiger partial charge in [-0.2, -0.15) is 0 Å². The first-order valence-corrected chi connectivity index (χ1v) is 7.80. The molecule has 0 spiro atoms. The van der Waals surface area contributed by atoms with Crippen LogP contribution in [0.25, 0.3) is 0 Å². The van der Waals surface area contributed by atoms with Gasteiger partial charge in [0.25, 0.3) is 0 Å². The highest BCUT2D eigenvalue weighted by Crippen LogP contribution is 2.07. The fourth-order valence-corrected chi connectivity index (χ4v) is 2.04. The number of carbonyl (C=O) groups is 2. The number of hydrogen-bond donors (Lipinski definition) is 3. The number of carbonyl (C=O) groups excluding carboxylic acids is 2. The molecule has 0 saturated carbocycles. The van der Waals surface area contributed by atoms with Crippen LogP contribution >= 0.6 is 0 Å². The molecule has 0 aliphatic heterocycles. The topological polar surface area (TPSA) is 83.4 Å². The number of furan rings is 1. The summed E-state index contributed by atoms with van der Waals surface area (Å²) in [5.74, 6) is 5.59. The predicted octanol–water partition coefficient (Wildman–Crippen LogP) is 3.15. The normalized spacial score (nSPS) is 9.54. The lowest BCUT2D eigenvalue weighted by Gasteiger charge is -2.07. The molecule has 128 valence electrons. The Hall–Kier alpha value is -3.98. The van der Waals surface area contributed by atoms with Crippen molar-refractivity contribution in [3.63, 3.8) is 0 Å². The average Bonchev–Trinajstić information content (AvgIpc) is 3.15. The van der Waals surface area contributed by atoms with Crippen LogP contribution in [0, 0.1) is 11.8 Å². The minimum atomic E-state index is -0.582. The second-order valence-electron chi connectivity index (χ2n) is 5.18. The highest BCUT2D eigenvalue weighted by Gasteiger charge is 2.11. The van der Waals surface area contributed by atoms with E-state index in [-0.39, 0.29) is 5.76 Å². The van der Waals surface area contributed by atoms with Gasteiger partial charge in [-0.3, -0.25) is 10.2 Å². The van der Waals surface area contributed by atoms with Gasteiger partial charge in [0.05, 0.1) is 0 Å². The third-order valence-electron chi connectivity index (χ3n) is 3.25. The lowest BCUT2D eigenvalue weighted by Crippen LogP contribution is -2.43. The molecule has 0 unspecified atom stereocenters. The van der Waals surface area contributed by atoms with Crippen LogP contribution in [0.1, 0.15) is 21.9 Å². The zero-order valence-electron chi connectivity index (χ0n) is 13.7. The van der Waals surface area contributed by atoms with Crippen molar-refractivity contribution >= 4 is 17.6 Å². The Morgan fingerprint density at radius 3 is 2.19 bits per heavy atom. The molecule has 3 amide bonds. The lowest BCUT2D eigenvalue weighted by atomic mass is 10.2. The van der Waals surface area contributed by atoms with Crippen molar-refractivity contribution in [2.45, 2.75) is 0 Å². The maximum Gasteiger partial charge on any atom is 0.337 e. The molecular formula is C20H15N3O3. The van der Waals surface area contributed by atoms with Gasteiger partial charge >= 0.3 is 11.9 Å². The number of anilines is 1. The van der Waals surface area contributed by atoms with Crippen molar-refractivity contribution < 1.29 is 14.0 Å². The average molecular weight is 345 g/mol. The van der Waals surface area contributed by atoms with Crippen LogP contribution in [0.3, 0.4) is 0 Å². The summed E-state index contributed by atoms with van der Waals surface area (Å²) in [7, 11) is 0. The van der Waals surface area contributed by atoms with E-state index in [0.717, 1.165) is 5.56 Å². The van der Waals surface area contributed by atoms with Gasteiger partial charge in [-0.1, -0.05) is 42.3 Å². The maximum absolute atomic E-state index is 12.0. The van der Waals surface area contributed by atoms with E-state index in [2.05, 4.69) is 28.0 Å². The van der Waals surface area contributed by atoms with Gasteiger partial charge in [-0.25, -0.2) is 10.2 Å². The molecule has 2 aromatic carbocycles. The minimum absolute atomic E-state index is 0.0439. The molecule has 0 atom stereocenters. The maximum atomic E-state index is 12.0. The Labute approximate surface area is 150 Å². The number of rotatable bonds is 2. The van der Waals surface area contributed by atoms with Crippen LogP contribution < -0.4 is 16.2 Å². The number of hydrazine groups is 1. The quantitative estimate of drug-likeness (QED) is 0.493. The Morgan fingerprint density at radius 1 is 0.769 bits per heavy atom. The minimum Gasteiger partial charge on any atom is -0.443 e. The summed E-state index contributed by atoms with van der Waals surface area (Å²) in [6.45, 7) is 0. The van der Waals surface area contributed by atoms with E-state index >= 15 is 0 Å². The first-order valence-electron chi connectivity index (χ1n) is 7.80. The van der Waals surface area contributed by atoms with Crippen molar-refractivity contribution in [1.82, 2.24) is 10.9 Å². The largest absolute Gasteiger partial charge is 0.443 e. The Bertz CT molecular complexity index is 954. The van der Waals surface area contributed by atoms with Gasteiger partial charge in [-0.15, -0.1) is 0 Å². The summed E-state index contributed by atoms with van der Waals surface area (Å²) in [6.07, 6.45) is 0. The van der Waals surface area contributed by atoms with E-state index in [9.17, 15) is 9.59 Å². The molecule has 0 radical (unpaired) electrons. The molecular weight excluding hydrogens is 330 g/mol. The third kappa shape index (κ3) is 4.76. The number of amides is 3. The van der Waals surface area contributed by atoms with E-state index in [4.69, 9.17) is 4.42 Å². The molecule has 0 aliphatic carbocycles. The van der Waals surface area contributed by atoms with Crippen LogP contribution in [0.4, 0.5) is 10.5 Å². The molecule has 1 aromatic heterocycles. The predicted molar refractivity (Wildman–Crippen MR) is 97.2 cm³/mol. The Morgan fingerprint density at radius 2 is 1.46 bits per heavy atom.